The Bertz CT molecular complexity index is 351. The molecule has 0 amide bonds. The van der Waals surface area contributed by atoms with E-state index in [0.29, 0.717) is 0 Å². The summed E-state index contributed by atoms with van der Waals surface area (Å²) in [4.78, 5) is 4.11. The molecule has 64 valence electrons. The van der Waals surface area contributed by atoms with E-state index in [1.54, 1.807) is 12.4 Å². The van der Waals surface area contributed by atoms with E-state index in [1.165, 1.54) is 0 Å². The van der Waals surface area contributed by atoms with E-state index >= 15 is 0 Å². The van der Waals surface area contributed by atoms with E-state index in [-0.39, 0.29) is 0 Å². The van der Waals surface area contributed by atoms with Gasteiger partial charge in [0.05, 0.1) is 17.9 Å². The van der Waals surface area contributed by atoms with Gasteiger partial charge in [0.25, 0.3) is 0 Å². The van der Waals surface area contributed by atoms with Gasteiger partial charge in [-0.2, -0.15) is 5.10 Å². The zero-order chi connectivity index (χ0) is 8.97. The smallest absolute Gasteiger partial charge is 0.0833 e. The number of H-pyrrole nitrogens is 1. The summed E-state index contributed by atoms with van der Waals surface area (Å²) in [6, 6.07) is 2.00. The Morgan fingerprint density at radius 3 is 2.75 bits per heavy atom. The molecule has 0 atom stereocenters. The summed E-state index contributed by atoms with van der Waals surface area (Å²) in [6.07, 6.45) is 3.58. The van der Waals surface area contributed by atoms with Gasteiger partial charge < -0.3 is 0 Å². The summed E-state index contributed by atoms with van der Waals surface area (Å²) in [5, 5.41) is 7.83. The lowest BCUT2D eigenvalue weighted by Crippen LogP contribution is -1.77. The van der Waals surface area contributed by atoms with Crippen LogP contribution in [0.25, 0.3) is 10.9 Å². The molecule has 2 rings (SSSR count). The van der Waals surface area contributed by atoms with Crippen LogP contribution in [0.3, 0.4) is 0 Å². The molecule has 0 saturated heterocycles. The molecule has 0 fully saturated rings. The van der Waals surface area contributed by atoms with Crippen LogP contribution in [0.4, 0.5) is 0 Å². The molecular weight excluding hydrogens is 150 g/mol. The lowest BCUT2D eigenvalue weighted by molar-refractivity contribution is 1.11. The molecule has 0 aliphatic carbocycles. The van der Waals surface area contributed by atoms with Crippen LogP contribution in [0.15, 0.2) is 18.5 Å². The van der Waals surface area contributed by atoms with Gasteiger partial charge in [0.2, 0.25) is 0 Å². The predicted molar refractivity (Wildman–Crippen MR) is 50.0 cm³/mol. The number of aromatic amines is 1. The maximum Gasteiger partial charge on any atom is 0.0833 e. The fraction of sp³-hybridized carbons (Fsp3) is 0.333. The summed E-state index contributed by atoms with van der Waals surface area (Å²) in [6.45, 7) is 5.96. The number of nitrogens with zero attached hydrogens (tertiary/aromatic N) is 2. The number of nitrogens with one attached hydrogen (secondary N) is 1. The third kappa shape index (κ3) is 1.61. The molecule has 3 heteroatoms. The molecule has 0 radical (unpaired) electrons. The van der Waals surface area contributed by atoms with Crippen LogP contribution >= 0.6 is 0 Å². The minimum Gasteiger partial charge on any atom is -0.276 e. The number of aromatic nitrogens is 3. The van der Waals surface area contributed by atoms with Gasteiger partial charge in [-0.05, 0) is 13.0 Å². The maximum absolute atomic E-state index is 4.11. The lowest BCUT2D eigenvalue weighted by Gasteiger charge is -1.88. The van der Waals surface area contributed by atoms with Crippen molar-refractivity contribution in [3.8, 4) is 0 Å². The van der Waals surface area contributed by atoms with E-state index in [9.17, 15) is 0 Å². The molecule has 0 aromatic carbocycles. The van der Waals surface area contributed by atoms with Gasteiger partial charge in [0.15, 0.2) is 0 Å². The predicted octanol–water partition coefficient (Wildman–Crippen LogP) is 2.29. The number of aryl methyl sites for hydroxylation is 1. The molecule has 0 unspecified atom stereocenters. The number of rotatable bonds is 0. The van der Waals surface area contributed by atoms with Gasteiger partial charge in [-0.1, -0.05) is 13.8 Å². The van der Waals surface area contributed by atoms with E-state index in [0.717, 1.165) is 16.6 Å². The van der Waals surface area contributed by atoms with E-state index in [1.807, 2.05) is 26.8 Å². The van der Waals surface area contributed by atoms with Gasteiger partial charge in [-0.3, -0.25) is 10.1 Å². The fourth-order valence-corrected chi connectivity index (χ4v) is 0.953. The van der Waals surface area contributed by atoms with Crippen molar-refractivity contribution in [1.82, 2.24) is 15.2 Å². The van der Waals surface area contributed by atoms with Crippen LogP contribution < -0.4 is 0 Å². The van der Waals surface area contributed by atoms with Gasteiger partial charge in [-0.25, -0.2) is 0 Å². The quantitative estimate of drug-likeness (QED) is 0.647. The van der Waals surface area contributed by atoms with Crippen molar-refractivity contribution in [1.29, 1.82) is 0 Å². The van der Waals surface area contributed by atoms with Crippen LogP contribution in [-0.4, -0.2) is 15.2 Å². The number of hydrogen-bond acceptors (Lipinski definition) is 2. The van der Waals surface area contributed by atoms with Crippen molar-refractivity contribution >= 4 is 10.9 Å². The summed E-state index contributed by atoms with van der Waals surface area (Å²) >= 11 is 0. The third-order valence-electron chi connectivity index (χ3n) is 1.46. The monoisotopic (exact) mass is 163 g/mol. The summed E-state index contributed by atoms with van der Waals surface area (Å²) in [7, 11) is 0. The Kier molecular flexibility index (Phi) is 2.80. The normalized spacial score (nSPS) is 9.25. The van der Waals surface area contributed by atoms with E-state index in [4.69, 9.17) is 0 Å². The largest absolute Gasteiger partial charge is 0.276 e. The highest BCUT2D eigenvalue weighted by Gasteiger charge is 1.93. The van der Waals surface area contributed by atoms with Crippen molar-refractivity contribution in [2.75, 3.05) is 0 Å². The number of pyridine rings is 1. The number of hydrogen-bond donors (Lipinski definition) is 1. The summed E-state index contributed by atoms with van der Waals surface area (Å²) in [5.41, 5.74) is 2.01. The summed E-state index contributed by atoms with van der Waals surface area (Å²) < 4.78 is 0. The molecule has 1 N–H and O–H groups in total. The highest BCUT2D eigenvalue weighted by atomic mass is 15.1. The van der Waals surface area contributed by atoms with Crippen LogP contribution in [0.1, 0.15) is 19.5 Å². The van der Waals surface area contributed by atoms with Crippen molar-refractivity contribution in [2.45, 2.75) is 20.8 Å². The second-order valence-electron chi connectivity index (χ2n) is 2.28. The van der Waals surface area contributed by atoms with Crippen molar-refractivity contribution in [3.05, 3.63) is 24.2 Å². The molecule has 0 bridgehead atoms. The zero-order valence-corrected chi connectivity index (χ0v) is 7.63. The second-order valence-corrected chi connectivity index (χ2v) is 2.28. The van der Waals surface area contributed by atoms with E-state index in [2.05, 4.69) is 15.2 Å². The van der Waals surface area contributed by atoms with Crippen LogP contribution in [0.2, 0.25) is 0 Å². The van der Waals surface area contributed by atoms with Gasteiger partial charge >= 0.3 is 0 Å². The highest BCUT2D eigenvalue weighted by Crippen LogP contribution is 2.08. The topological polar surface area (TPSA) is 41.6 Å². The third-order valence-corrected chi connectivity index (χ3v) is 1.46. The second kappa shape index (κ2) is 3.85. The molecule has 0 aliphatic rings. The molecule has 3 nitrogen and oxygen atoms in total. The first-order valence-electron chi connectivity index (χ1n) is 4.12. The molecule has 0 saturated carbocycles. The van der Waals surface area contributed by atoms with Crippen molar-refractivity contribution in [3.63, 3.8) is 0 Å². The molecular formula is C9H13N3. The lowest BCUT2D eigenvalue weighted by atomic mass is 10.3. The first-order chi connectivity index (χ1) is 5.86. The first-order valence-corrected chi connectivity index (χ1v) is 4.12. The Morgan fingerprint density at radius 1 is 1.25 bits per heavy atom. The SMILES string of the molecule is CC.Cc1cc2cn[nH]c2cn1. The summed E-state index contributed by atoms with van der Waals surface area (Å²) in [5.74, 6) is 0. The molecule has 2 heterocycles. The Labute approximate surface area is 71.8 Å². The fourth-order valence-electron chi connectivity index (χ4n) is 0.953. The van der Waals surface area contributed by atoms with Crippen LogP contribution in [0.5, 0.6) is 0 Å². The average Bonchev–Trinajstić information content (AvgIpc) is 2.54. The molecule has 12 heavy (non-hydrogen) atoms. The molecule has 2 aromatic rings. The zero-order valence-electron chi connectivity index (χ0n) is 7.63. The molecule has 0 spiro atoms. The van der Waals surface area contributed by atoms with Crippen molar-refractivity contribution in [2.24, 2.45) is 0 Å². The van der Waals surface area contributed by atoms with E-state index < -0.39 is 0 Å². The van der Waals surface area contributed by atoms with Gasteiger partial charge in [0.1, 0.15) is 0 Å². The number of fused-ring (bicyclic) bond motifs is 1. The van der Waals surface area contributed by atoms with Crippen molar-refractivity contribution < 1.29 is 0 Å². The minimum atomic E-state index is 0.991. The molecule has 2 aromatic heterocycles. The Balaban J connectivity index is 0.000000336. The maximum atomic E-state index is 4.11. The highest BCUT2D eigenvalue weighted by molar-refractivity contribution is 5.76. The first kappa shape index (κ1) is 8.71. The Hall–Kier alpha value is -1.38. The average molecular weight is 163 g/mol. The Morgan fingerprint density at radius 2 is 2.00 bits per heavy atom. The van der Waals surface area contributed by atoms with Crippen LogP contribution in [-0.2, 0) is 0 Å². The molecule has 0 aliphatic heterocycles. The minimum absolute atomic E-state index is 0.991. The standard InChI is InChI=1S/C7H7N3.C2H6/c1-5-2-6-3-9-10-7(6)4-8-5;1-2/h2-4H,1H3,(H,9,10);1-2H3. The van der Waals surface area contributed by atoms with Gasteiger partial charge in [0, 0.05) is 11.1 Å². The van der Waals surface area contributed by atoms with Gasteiger partial charge in [-0.15, -0.1) is 0 Å². The van der Waals surface area contributed by atoms with Crippen LogP contribution in [0, 0.1) is 6.92 Å².